The van der Waals surface area contributed by atoms with E-state index in [1.807, 2.05) is 18.0 Å². The monoisotopic (exact) mass is 749 g/mol. The number of fused-ring (bicyclic) bond motifs is 1. The minimum absolute atomic E-state index is 0.0354. The van der Waals surface area contributed by atoms with E-state index in [-0.39, 0.29) is 23.8 Å². The number of hydrogen-bond acceptors (Lipinski definition) is 7. The molecular weight excluding hydrogens is 683 g/mol. The van der Waals surface area contributed by atoms with Crippen LogP contribution >= 0.6 is 0 Å². The number of β-lactam (4-membered cyclic amide) rings is 1. The number of methoxy groups -OCH3 is 1. The van der Waals surface area contributed by atoms with Crippen LogP contribution in [0.5, 0.6) is 0 Å². The van der Waals surface area contributed by atoms with Gasteiger partial charge in [0.05, 0.1) is 26.5 Å². The van der Waals surface area contributed by atoms with Crippen molar-refractivity contribution in [3.8, 4) is 0 Å². The first-order valence-corrected chi connectivity index (χ1v) is 24.9. The van der Waals surface area contributed by atoms with Crippen molar-refractivity contribution in [1.82, 2.24) is 24.8 Å². The SMILES string of the molecule is COC1CCC([Si](C)(C)[C@@H]2[C@@H](CCn3cc([C@H](O)C4CCCCC4)nn3)O[C@]3(C(=O)N(CC4CCC(N5CCC5=O)CC4)C4=C3CCCC4)[C@H]2C)CC1. The molecule has 7 aliphatic rings. The number of aliphatic hydroxyl groups is 1. The zero-order valence-corrected chi connectivity index (χ0v) is 34.1. The van der Waals surface area contributed by atoms with Gasteiger partial charge >= 0.3 is 0 Å². The summed E-state index contributed by atoms with van der Waals surface area (Å²) in [5, 5.41) is 20.2. The summed E-state index contributed by atoms with van der Waals surface area (Å²) < 4.78 is 15.2. The standard InChI is InChI=1S/C42H67N5O5Si/c1-28-40(53(3,4)33-20-18-32(51-2)19-21-33)37(22-24-45-27-35(43-44-45)39(49)30-10-6-5-7-11-30)52-42(28)34-12-8-9-13-36(34)47(41(42)50)26-29-14-16-31(17-15-29)46-25-23-38(46)48/h27-33,37,39-40,49H,5-26H2,1-4H3/t28-,29?,31?,32?,33?,37+,39+,40-,42+/m0/s1. The second-order valence-electron chi connectivity index (χ2n) is 18.8. The number of likely N-dealkylation sites (tertiary alicyclic amines) is 1. The maximum absolute atomic E-state index is 15.3. The normalized spacial score (nSPS) is 36.4. The van der Waals surface area contributed by atoms with E-state index in [9.17, 15) is 9.90 Å². The van der Waals surface area contributed by atoms with Crippen molar-refractivity contribution in [3.63, 3.8) is 0 Å². The van der Waals surface area contributed by atoms with Crippen molar-refractivity contribution >= 4 is 19.9 Å². The summed E-state index contributed by atoms with van der Waals surface area (Å²) >= 11 is 0. The van der Waals surface area contributed by atoms with Crippen LogP contribution in [0.15, 0.2) is 17.5 Å². The third-order valence-corrected chi connectivity index (χ3v) is 21.1. The quantitative estimate of drug-likeness (QED) is 0.184. The van der Waals surface area contributed by atoms with Crippen LogP contribution < -0.4 is 0 Å². The summed E-state index contributed by atoms with van der Waals surface area (Å²) in [5.74, 6) is 1.38. The zero-order chi connectivity index (χ0) is 36.9. The summed E-state index contributed by atoms with van der Waals surface area (Å²) in [4.78, 5) is 31.8. The summed E-state index contributed by atoms with van der Waals surface area (Å²) in [6.45, 7) is 9.96. The van der Waals surface area contributed by atoms with Gasteiger partial charge in [-0.15, -0.1) is 5.10 Å². The third-order valence-electron chi connectivity index (χ3n) is 15.8. The molecule has 1 spiro atoms. The van der Waals surface area contributed by atoms with E-state index in [0.29, 0.717) is 53.7 Å². The molecule has 11 heteroatoms. The van der Waals surface area contributed by atoms with Crippen LogP contribution in [-0.2, 0) is 25.6 Å². The van der Waals surface area contributed by atoms with E-state index in [0.717, 1.165) is 96.6 Å². The second-order valence-corrected chi connectivity index (χ2v) is 24.0. The van der Waals surface area contributed by atoms with Gasteiger partial charge in [-0.2, -0.15) is 0 Å². The van der Waals surface area contributed by atoms with E-state index in [2.05, 4.69) is 40.1 Å². The molecule has 1 aromatic heterocycles. The van der Waals surface area contributed by atoms with Crippen molar-refractivity contribution in [1.29, 1.82) is 0 Å². The van der Waals surface area contributed by atoms with Crippen LogP contribution in [0.4, 0.5) is 0 Å². The van der Waals surface area contributed by atoms with Crippen LogP contribution in [0.3, 0.4) is 0 Å². The van der Waals surface area contributed by atoms with Gasteiger partial charge in [-0.05, 0) is 112 Å². The van der Waals surface area contributed by atoms with Gasteiger partial charge in [0.25, 0.3) is 5.91 Å². The molecule has 0 aromatic carbocycles. The highest BCUT2D eigenvalue weighted by atomic mass is 28.3. The Hall–Kier alpha value is -2.08. The lowest BCUT2D eigenvalue weighted by Crippen LogP contribution is -2.52. The Kier molecular flexibility index (Phi) is 11.0. The van der Waals surface area contributed by atoms with Crippen LogP contribution in [0.2, 0.25) is 24.2 Å². The van der Waals surface area contributed by atoms with Crippen molar-refractivity contribution in [2.24, 2.45) is 17.8 Å². The first kappa shape index (κ1) is 37.8. The van der Waals surface area contributed by atoms with Crippen molar-refractivity contribution in [2.45, 2.75) is 190 Å². The molecule has 5 fully saturated rings. The Morgan fingerprint density at radius 1 is 0.962 bits per heavy atom. The molecule has 1 N–H and O–H groups in total. The maximum atomic E-state index is 15.3. The number of amides is 2. The van der Waals surface area contributed by atoms with Crippen LogP contribution in [0.1, 0.15) is 141 Å². The lowest BCUT2D eigenvalue weighted by molar-refractivity contribution is -0.150. The molecule has 4 heterocycles. The van der Waals surface area contributed by atoms with Crippen LogP contribution in [0.25, 0.3) is 0 Å². The molecule has 0 bridgehead atoms. The molecule has 5 atom stereocenters. The molecule has 8 rings (SSSR count). The molecular formula is C42H67N5O5Si. The van der Waals surface area contributed by atoms with Gasteiger partial charge in [-0.3, -0.25) is 14.3 Å². The van der Waals surface area contributed by atoms with Gasteiger partial charge in [0.1, 0.15) is 11.8 Å². The Labute approximate surface area is 318 Å². The second kappa shape index (κ2) is 15.5. The fraction of sp³-hybridized carbons (Fsp3) is 0.857. The number of rotatable bonds is 11. The lowest BCUT2D eigenvalue weighted by Gasteiger charge is -2.45. The van der Waals surface area contributed by atoms with Gasteiger partial charge in [-0.1, -0.05) is 57.3 Å². The molecule has 2 saturated heterocycles. The highest BCUT2D eigenvalue weighted by molar-refractivity contribution is 6.80. The predicted molar refractivity (Wildman–Crippen MR) is 206 cm³/mol. The molecule has 0 unspecified atom stereocenters. The highest BCUT2D eigenvalue weighted by Crippen LogP contribution is 2.61. The maximum Gasteiger partial charge on any atom is 0.263 e. The van der Waals surface area contributed by atoms with Crippen LogP contribution in [0, 0.1) is 17.8 Å². The number of nitrogens with zero attached hydrogens (tertiary/aromatic N) is 5. The van der Waals surface area contributed by atoms with E-state index < -0.39 is 19.8 Å². The molecule has 3 saturated carbocycles. The number of carbonyl (C=O) groups excluding carboxylic acids is 2. The molecule has 3 aliphatic heterocycles. The molecule has 0 radical (unpaired) electrons. The third kappa shape index (κ3) is 6.90. The number of hydrogen-bond donors (Lipinski definition) is 1. The zero-order valence-electron chi connectivity index (χ0n) is 33.1. The Bertz CT molecular complexity index is 1510. The van der Waals surface area contributed by atoms with Gasteiger partial charge in [-0.25, -0.2) is 0 Å². The number of aromatic nitrogens is 3. The smallest absolute Gasteiger partial charge is 0.263 e. The minimum Gasteiger partial charge on any atom is -0.386 e. The van der Waals surface area contributed by atoms with Gasteiger partial charge in [0, 0.05) is 50.8 Å². The Morgan fingerprint density at radius 2 is 1.70 bits per heavy atom. The molecule has 1 aromatic rings. The fourth-order valence-corrected chi connectivity index (χ4v) is 17.7. The average Bonchev–Trinajstić information content (AvgIpc) is 3.84. The number of allylic oxidation sites excluding steroid dienone is 1. The first-order valence-electron chi connectivity index (χ1n) is 21.7. The van der Waals surface area contributed by atoms with Gasteiger partial charge < -0.3 is 24.4 Å². The Balaban J connectivity index is 1.04. The topological polar surface area (TPSA) is 110 Å². The molecule has 2 amide bonds. The van der Waals surface area contributed by atoms with E-state index in [1.54, 1.807) is 0 Å². The summed E-state index contributed by atoms with van der Waals surface area (Å²) in [6.07, 6.45) is 22.1. The number of aliphatic hydroxyl groups excluding tert-OH is 1. The summed E-state index contributed by atoms with van der Waals surface area (Å²) in [6, 6.07) is 0.389. The summed E-state index contributed by atoms with van der Waals surface area (Å²) in [7, 11) is -0.112. The molecule has 10 nitrogen and oxygen atoms in total. The van der Waals surface area contributed by atoms with E-state index in [1.165, 1.54) is 43.4 Å². The van der Waals surface area contributed by atoms with E-state index >= 15 is 4.79 Å². The summed E-state index contributed by atoms with van der Waals surface area (Å²) in [5.41, 5.74) is 3.42. The van der Waals surface area contributed by atoms with Gasteiger partial charge in [0.2, 0.25) is 5.91 Å². The molecule has 4 aliphatic carbocycles. The van der Waals surface area contributed by atoms with Crippen molar-refractivity contribution in [2.75, 3.05) is 20.2 Å². The van der Waals surface area contributed by atoms with Crippen molar-refractivity contribution in [3.05, 3.63) is 23.2 Å². The largest absolute Gasteiger partial charge is 0.386 e. The number of carbonyl (C=O) groups is 2. The molecule has 53 heavy (non-hydrogen) atoms. The lowest BCUT2D eigenvalue weighted by atomic mass is 9.78. The van der Waals surface area contributed by atoms with E-state index in [4.69, 9.17) is 9.47 Å². The Morgan fingerprint density at radius 3 is 2.38 bits per heavy atom. The number of ether oxygens (including phenoxy) is 2. The van der Waals surface area contributed by atoms with Gasteiger partial charge in [0.15, 0.2) is 5.60 Å². The van der Waals surface area contributed by atoms with Crippen LogP contribution in [-0.4, -0.2) is 93.8 Å². The highest BCUT2D eigenvalue weighted by Gasteiger charge is 2.67. The minimum atomic E-state index is -1.97. The average molecular weight is 750 g/mol. The predicted octanol–water partition coefficient (Wildman–Crippen LogP) is 7.55. The van der Waals surface area contributed by atoms with Crippen molar-refractivity contribution < 1.29 is 24.2 Å². The fourth-order valence-electron chi connectivity index (χ4n) is 12.6. The first-order chi connectivity index (χ1) is 25.6. The number of aryl methyl sites for hydroxylation is 1. The molecule has 294 valence electrons.